The Morgan fingerprint density at radius 1 is 1.20 bits per heavy atom. The first-order valence-electron chi connectivity index (χ1n) is 3.79. The van der Waals surface area contributed by atoms with Gasteiger partial charge >= 0.3 is 0 Å². The molecule has 0 aromatic rings. The lowest BCUT2D eigenvalue weighted by atomic mass is 10.1. The zero-order valence-corrected chi connectivity index (χ0v) is 7.98. The van der Waals surface area contributed by atoms with Gasteiger partial charge in [0.25, 0.3) is 0 Å². The second-order valence-electron chi connectivity index (χ2n) is 3.14. The zero-order valence-electron chi connectivity index (χ0n) is 7.23. The molecule has 0 aliphatic rings. The van der Waals surface area contributed by atoms with Crippen LogP contribution in [0.5, 0.6) is 0 Å². The summed E-state index contributed by atoms with van der Waals surface area (Å²) in [7, 11) is 0. The normalized spacial score (nSPS) is 14.7. The Kier molecular flexibility index (Phi) is 5.10. The standard InChI is InChI=1S/C8H17ClO/c1-6(2)8(9)5-10-7(3)4/h6-8H,5H2,1-4H3. The summed E-state index contributed by atoms with van der Waals surface area (Å²) in [4.78, 5) is 0. The number of halogens is 1. The predicted octanol–water partition coefficient (Wildman–Crippen LogP) is 2.67. The molecule has 0 radical (unpaired) electrons. The molecule has 0 fully saturated rings. The van der Waals surface area contributed by atoms with Gasteiger partial charge in [-0.25, -0.2) is 0 Å². The van der Waals surface area contributed by atoms with E-state index in [1.54, 1.807) is 0 Å². The molecule has 0 aliphatic carbocycles. The van der Waals surface area contributed by atoms with E-state index in [2.05, 4.69) is 13.8 Å². The summed E-state index contributed by atoms with van der Waals surface area (Å²) in [6, 6.07) is 0. The van der Waals surface area contributed by atoms with Gasteiger partial charge in [0.2, 0.25) is 0 Å². The van der Waals surface area contributed by atoms with E-state index in [9.17, 15) is 0 Å². The first-order valence-corrected chi connectivity index (χ1v) is 4.23. The van der Waals surface area contributed by atoms with Crippen LogP contribution < -0.4 is 0 Å². The highest BCUT2D eigenvalue weighted by molar-refractivity contribution is 6.20. The largest absolute Gasteiger partial charge is 0.377 e. The van der Waals surface area contributed by atoms with Gasteiger partial charge in [-0.2, -0.15) is 0 Å². The van der Waals surface area contributed by atoms with Crippen molar-refractivity contribution in [2.75, 3.05) is 6.61 Å². The van der Waals surface area contributed by atoms with Crippen molar-refractivity contribution in [3.63, 3.8) is 0 Å². The minimum Gasteiger partial charge on any atom is -0.377 e. The number of ether oxygens (including phenoxy) is 1. The highest BCUT2D eigenvalue weighted by Crippen LogP contribution is 2.10. The Bertz CT molecular complexity index is 81.3. The second-order valence-corrected chi connectivity index (χ2v) is 3.70. The summed E-state index contributed by atoms with van der Waals surface area (Å²) in [5.41, 5.74) is 0. The molecule has 1 atom stereocenters. The van der Waals surface area contributed by atoms with Crippen molar-refractivity contribution in [2.45, 2.75) is 39.2 Å². The Morgan fingerprint density at radius 3 is 2.00 bits per heavy atom. The van der Waals surface area contributed by atoms with E-state index in [-0.39, 0.29) is 5.38 Å². The van der Waals surface area contributed by atoms with Crippen molar-refractivity contribution in [3.8, 4) is 0 Å². The van der Waals surface area contributed by atoms with Crippen LogP contribution in [0.25, 0.3) is 0 Å². The summed E-state index contributed by atoms with van der Waals surface area (Å²) in [6.07, 6.45) is 0.292. The summed E-state index contributed by atoms with van der Waals surface area (Å²) < 4.78 is 5.33. The first kappa shape index (κ1) is 10.2. The van der Waals surface area contributed by atoms with Crippen LogP contribution in [0, 0.1) is 5.92 Å². The van der Waals surface area contributed by atoms with Crippen molar-refractivity contribution in [3.05, 3.63) is 0 Å². The van der Waals surface area contributed by atoms with E-state index in [0.717, 1.165) is 0 Å². The van der Waals surface area contributed by atoms with E-state index in [0.29, 0.717) is 18.6 Å². The number of hydrogen-bond acceptors (Lipinski definition) is 1. The van der Waals surface area contributed by atoms with Gasteiger partial charge in [0.1, 0.15) is 0 Å². The van der Waals surface area contributed by atoms with E-state index in [4.69, 9.17) is 16.3 Å². The molecular formula is C8H17ClO. The van der Waals surface area contributed by atoms with E-state index < -0.39 is 0 Å². The van der Waals surface area contributed by atoms with E-state index >= 15 is 0 Å². The van der Waals surface area contributed by atoms with Crippen molar-refractivity contribution in [1.82, 2.24) is 0 Å². The fourth-order valence-electron chi connectivity index (χ4n) is 0.477. The fraction of sp³-hybridized carbons (Fsp3) is 1.00. The van der Waals surface area contributed by atoms with Crippen molar-refractivity contribution >= 4 is 11.6 Å². The molecule has 62 valence electrons. The lowest BCUT2D eigenvalue weighted by molar-refractivity contribution is 0.0731. The summed E-state index contributed by atoms with van der Waals surface area (Å²) in [5, 5.41) is 0.155. The van der Waals surface area contributed by atoms with Gasteiger partial charge in [0.15, 0.2) is 0 Å². The molecule has 10 heavy (non-hydrogen) atoms. The molecular weight excluding hydrogens is 148 g/mol. The van der Waals surface area contributed by atoms with Crippen LogP contribution in [0.4, 0.5) is 0 Å². The smallest absolute Gasteiger partial charge is 0.0636 e. The molecule has 1 unspecified atom stereocenters. The molecule has 0 heterocycles. The molecule has 0 saturated carbocycles. The first-order chi connectivity index (χ1) is 4.54. The summed E-state index contributed by atoms with van der Waals surface area (Å²) in [6.45, 7) is 8.90. The zero-order chi connectivity index (χ0) is 8.15. The Balaban J connectivity index is 3.30. The van der Waals surface area contributed by atoms with Crippen molar-refractivity contribution in [1.29, 1.82) is 0 Å². The molecule has 0 saturated heterocycles. The minimum absolute atomic E-state index is 0.155. The maximum atomic E-state index is 5.93. The lowest BCUT2D eigenvalue weighted by Crippen LogP contribution is -2.18. The molecule has 0 rings (SSSR count). The molecule has 0 bridgehead atoms. The number of rotatable bonds is 4. The van der Waals surface area contributed by atoms with Crippen LogP contribution in [0.1, 0.15) is 27.7 Å². The number of alkyl halides is 1. The van der Waals surface area contributed by atoms with Crippen LogP contribution >= 0.6 is 11.6 Å². The average Bonchev–Trinajstić information content (AvgIpc) is 1.82. The third-order valence-corrected chi connectivity index (χ3v) is 1.94. The van der Waals surface area contributed by atoms with E-state index in [1.807, 2.05) is 13.8 Å². The third-order valence-electron chi connectivity index (χ3n) is 1.31. The van der Waals surface area contributed by atoms with Crippen LogP contribution in [0.15, 0.2) is 0 Å². The van der Waals surface area contributed by atoms with Gasteiger partial charge in [0, 0.05) is 0 Å². The Hall–Kier alpha value is 0.250. The third kappa shape index (κ3) is 5.07. The van der Waals surface area contributed by atoms with Gasteiger partial charge in [-0.05, 0) is 19.8 Å². The molecule has 0 aromatic carbocycles. The summed E-state index contributed by atoms with van der Waals surface area (Å²) >= 11 is 5.93. The molecule has 0 N–H and O–H groups in total. The molecule has 0 aromatic heterocycles. The molecule has 0 aliphatic heterocycles. The molecule has 0 amide bonds. The van der Waals surface area contributed by atoms with Crippen molar-refractivity contribution in [2.24, 2.45) is 5.92 Å². The average molecular weight is 165 g/mol. The highest BCUT2D eigenvalue weighted by atomic mass is 35.5. The molecule has 0 spiro atoms. The lowest BCUT2D eigenvalue weighted by Gasteiger charge is -2.15. The van der Waals surface area contributed by atoms with Gasteiger partial charge in [-0.15, -0.1) is 11.6 Å². The second kappa shape index (κ2) is 4.97. The van der Waals surface area contributed by atoms with Crippen LogP contribution in [-0.2, 0) is 4.74 Å². The van der Waals surface area contributed by atoms with Crippen LogP contribution in [-0.4, -0.2) is 18.1 Å². The Labute approximate surface area is 68.7 Å². The van der Waals surface area contributed by atoms with Gasteiger partial charge in [-0.3, -0.25) is 0 Å². The number of hydrogen-bond donors (Lipinski definition) is 0. The SMILES string of the molecule is CC(C)OCC(Cl)C(C)C. The van der Waals surface area contributed by atoms with Crippen LogP contribution in [0.3, 0.4) is 0 Å². The summed E-state index contributed by atoms with van der Waals surface area (Å²) in [5.74, 6) is 0.500. The predicted molar refractivity (Wildman–Crippen MR) is 45.6 cm³/mol. The minimum atomic E-state index is 0.155. The molecule has 2 heteroatoms. The topological polar surface area (TPSA) is 9.23 Å². The van der Waals surface area contributed by atoms with Gasteiger partial charge in [0.05, 0.1) is 18.1 Å². The monoisotopic (exact) mass is 164 g/mol. The fourth-order valence-corrected chi connectivity index (χ4v) is 0.550. The van der Waals surface area contributed by atoms with E-state index in [1.165, 1.54) is 0 Å². The van der Waals surface area contributed by atoms with Crippen molar-refractivity contribution < 1.29 is 4.74 Å². The maximum absolute atomic E-state index is 5.93. The maximum Gasteiger partial charge on any atom is 0.0636 e. The highest BCUT2D eigenvalue weighted by Gasteiger charge is 2.09. The van der Waals surface area contributed by atoms with Crippen LogP contribution in [0.2, 0.25) is 0 Å². The Morgan fingerprint density at radius 2 is 1.70 bits per heavy atom. The quantitative estimate of drug-likeness (QED) is 0.581. The molecule has 1 nitrogen and oxygen atoms in total. The van der Waals surface area contributed by atoms with Gasteiger partial charge < -0.3 is 4.74 Å². The van der Waals surface area contributed by atoms with Gasteiger partial charge in [-0.1, -0.05) is 13.8 Å².